The number of benzene rings is 2. The summed E-state index contributed by atoms with van der Waals surface area (Å²) in [6.45, 7) is 9.36. The lowest BCUT2D eigenvalue weighted by molar-refractivity contribution is -0.149. The van der Waals surface area contributed by atoms with E-state index in [1.807, 2.05) is 6.07 Å². The van der Waals surface area contributed by atoms with Crippen LogP contribution in [0.15, 0.2) is 53.3 Å². The summed E-state index contributed by atoms with van der Waals surface area (Å²) in [6, 6.07) is 14.3. The van der Waals surface area contributed by atoms with Gasteiger partial charge in [-0.2, -0.15) is 5.26 Å². The fraction of sp³-hybridized carbons (Fsp3) is 0.417. The molecule has 1 saturated heterocycles. The summed E-state index contributed by atoms with van der Waals surface area (Å²) >= 11 is 0. The Kier molecular flexibility index (Phi) is 11.2. The zero-order valence-corrected chi connectivity index (χ0v) is 29.5. The van der Waals surface area contributed by atoms with Crippen molar-refractivity contribution in [2.45, 2.75) is 71.8 Å². The number of aromatic nitrogens is 1. The second kappa shape index (κ2) is 15.0. The van der Waals surface area contributed by atoms with Crippen LogP contribution in [-0.4, -0.2) is 75.0 Å². The Morgan fingerprint density at radius 1 is 1.00 bits per heavy atom. The Balaban J connectivity index is 1.62. The summed E-state index contributed by atoms with van der Waals surface area (Å²) in [4.78, 5) is 80.0. The average Bonchev–Trinajstić information content (AvgIpc) is 3.02. The molecule has 2 aromatic carbocycles. The molecular weight excluding hydrogens is 662 g/mol. The number of amides is 4. The normalized spacial score (nSPS) is 15.5. The molecule has 4 amide bonds. The third-order valence-electron chi connectivity index (χ3n) is 7.69. The average molecular weight is 704 g/mol. The van der Waals surface area contributed by atoms with Gasteiger partial charge in [-0.1, -0.05) is 6.07 Å². The fourth-order valence-corrected chi connectivity index (χ4v) is 5.35. The maximum Gasteiger partial charge on any atom is 0.420 e. The first-order valence-corrected chi connectivity index (χ1v) is 16.1. The number of anilines is 2. The highest BCUT2D eigenvalue weighted by Gasteiger charge is 2.42. The number of rotatable bonds is 8. The van der Waals surface area contributed by atoms with Gasteiger partial charge in [0.2, 0.25) is 5.91 Å². The quantitative estimate of drug-likeness (QED) is 0.334. The first-order valence-electron chi connectivity index (χ1n) is 16.1. The molecule has 15 heteroatoms. The summed E-state index contributed by atoms with van der Waals surface area (Å²) in [6.07, 6.45) is -4.28. The number of hydrogen-bond acceptors (Lipinski definition) is 10. The molecule has 3 aromatic rings. The molecule has 0 saturated carbocycles. The zero-order valence-electron chi connectivity index (χ0n) is 29.5. The van der Waals surface area contributed by atoms with E-state index in [1.165, 1.54) is 33.7 Å². The predicted octanol–water partition coefficient (Wildman–Crippen LogP) is 4.54. The van der Waals surface area contributed by atoms with E-state index >= 15 is 0 Å². The lowest BCUT2D eigenvalue weighted by Crippen LogP contribution is -2.53. The van der Waals surface area contributed by atoms with Gasteiger partial charge >= 0.3 is 18.2 Å². The van der Waals surface area contributed by atoms with Crippen LogP contribution >= 0.6 is 0 Å². The molecule has 4 rings (SSSR count). The van der Waals surface area contributed by atoms with Crippen molar-refractivity contribution in [2.75, 3.05) is 23.4 Å². The van der Waals surface area contributed by atoms with Crippen molar-refractivity contribution >= 4 is 52.2 Å². The van der Waals surface area contributed by atoms with Crippen molar-refractivity contribution in [1.29, 1.82) is 5.26 Å². The van der Waals surface area contributed by atoms with Crippen molar-refractivity contribution in [3.8, 4) is 6.07 Å². The van der Waals surface area contributed by atoms with Crippen LogP contribution in [0.25, 0.3) is 10.9 Å². The summed E-state index contributed by atoms with van der Waals surface area (Å²) in [5.41, 5.74) is -0.857. The Labute approximate surface area is 294 Å². The van der Waals surface area contributed by atoms with E-state index < -0.39 is 66.2 Å². The van der Waals surface area contributed by atoms with E-state index in [0.29, 0.717) is 16.1 Å². The highest BCUT2D eigenvalue weighted by molar-refractivity contribution is 6.04. The van der Waals surface area contributed by atoms with E-state index in [1.54, 1.807) is 72.9 Å². The standard InChI is InChI=1S/C36H41N5O10/c1-35(2,3)50-33(47)41(34(48)51-36(4,5)6)20-23-16-24(11-8-22(23)19-37)38-31(45)26(18-29(43)44)30-32(46)40(14-15-49-30)25-12-9-21-10-13-28(42)39(7)27(21)17-25/h8-13,16-17,26,30H,14-15,18,20H2,1-7H3,(H,38,45)(H,43,44)/t26-,30-/m1/s1. The second-order valence-corrected chi connectivity index (χ2v) is 14.0. The third-order valence-corrected chi connectivity index (χ3v) is 7.69. The largest absolute Gasteiger partial charge is 0.481 e. The SMILES string of the molecule is Cn1c(=O)ccc2ccc(N3CCO[C@H]([C@@H](CC(=O)O)C(=O)Nc4ccc(C#N)c(CN(C(=O)OC(C)(C)C)C(=O)OC(C)(C)C)c4)C3=O)cc21. The van der Waals surface area contributed by atoms with E-state index in [4.69, 9.17) is 14.2 Å². The van der Waals surface area contributed by atoms with Crippen LogP contribution in [0, 0.1) is 17.2 Å². The molecule has 0 spiro atoms. The van der Waals surface area contributed by atoms with Gasteiger partial charge in [0.15, 0.2) is 0 Å². The molecule has 1 aromatic heterocycles. The van der Waals surface area contributed by atoms with Gasteiger partial charge in [-0.25, -0.2) is 14.5 Å². The van der Waals surface area contributed by atoms with Crippen molar-refractivity contribution in [3.63, 3.8) is 0 Å². The van der Waals surface area contributed by atoms with Gasteiger partial charge in [0, 0.05) is 31.0 Å². The van der Waals surface area contributed by atoms with Crippen LogP contribution in [0.2, 0.25) is 0 Å². The second-order valence-electron chi connectivity index (χ2n) is 14.0. The number of carboxylic acids is 1. The molecule has 1 fully saturated rings. The van der Waals surface area contributed by atoms with E-state index in [-0.39, 0.29) is 35.5 Å². The molecular formula is C36H41N5O10. The number of imide groups is 1. The number of nitriles is 1. The summed E-state index contributed by atoms with van der Waals surface area (Å²) in [5, 5.41) is 22.9. The summed E-state index contributed by atoms with van der Waals surface area (Å²) in [5.74, 6) is -4.34. The Morgan fingerprint density at radius 2 is 1.63 bits per heavy atom. The highest BCUT2D eigenvalue weighted by atomic mass is 16.6. The van der Waals surface area contributed by atoms with Crippen LogP contribution in [-0.2, 0) is 42.2 Å². The molecule has 0 aliphatic carbocycles. The fourth-order valence-electron chi connectivity index (χ4n) is 5.35. The van der Waals surface area contributed by atoms with E-state index in [2.05, 4.69) is 5.32 Å². The van der Waals surface area contributed by atoms with Gasteiger partial charge in [0.1, 0.15) is 17.3 Å². The number of nitrogens with zero attached hydrogens (tertiary/aromatic N) is 4. The van der Waals surface area contributed by atoms with Gasteiger partial charge in [0.05, 0.1) is 42.6 Å². The van der Waals surface area contributed by atoms with Crippen LogP contribution in [0.5, 0.6) is 0 Å². The number of aryl methyl sites for hydroxylation is 1. The summed E-state index contributed by atoms with van der Waals surface area (Å²) in [7, 11) is 1.60. The number of carbonyl (C=O) groups excluding carboxylic acids is 4. The maximum atomic E-state index is 13.8. The van der Waals surface area contributed by atoms with E-state index in [0.717, 1.165) is 5.39 Å². The Hall–Kier alpha value is -5.75. The number of morpholine rings is 1. The highest BCUT2D eigenvalue weighted by Crippen LogP contribution is 2.28. The molecule has 1 aliphatic rings. The van der Waals surface area contributed by atoms with Crippen molar-refractivity contribution in [1.82, 2.24) is 9.47 Å². The molecule has 270 valence electrons. The lowest BCUT2D eigenvalue weighted by Gasteiger charge is -2.35. The molecule has 0 unspecified atom stereocenters. The number of hydrogen-bond donors (Lipinski definition) is 2. The minimum atomic E-state index is -1.48. The monoisotopic (exact) mass is 703 g/mol. The molecule has 0 radical (unpaired) electrons. The van der Waals surface area contributed by atoms with Gasteiger partial charge in [-0.15, -0.1) is 0 Å². The molecule has 2 N–H and O–H groups in total. The number of aliphatic carboxylic acids is 1. The Morgan fingerprint density at radius 3 is 2.22 bits per heavy atom. The van der Waals surface area contributed by atoms with Gasteiger partial charge < -0.3 is 34.1 Å². The predicted molar refractivity (Wildman–Crippen MR) is 185 cm³/mol. The van der Waals surface area contributed by atoms with E-state index in [9.17, 15) is 39.1 Å². The molecule has 51 heavy (non-hydrogen) atoms. The molecule has 0 bridgehead atoms. The number of fused-ring (bicyclic) bond motifs is 1. The maximum absolute atomic E-state index is 13.8. The van der Waals surface area contributed by atoms with Crippen molar-refractivity contribution in [3.05, 3.63) is 70.0 Å². The molecule has 15 nitrogen and oxygen atoms in total. The summed E-state index contributed by atoms with van der Waals surface area (Å²) < 4.78 is 18.0. The third kappa shape index (κ3) is 9.49. The van der Waals surface area contributed by atoms with Gasteiger partial charge in [0.25, 0.3) is 11.5 Å². The van der Waals surface area contributed by atoms with Crippen LogP contribution in [0.1, 0.15) is 59.1 Å². The topological polar surface area (TPSA) is 198 Å². The zero-order chi connectivity index (χ0) is 37.8. The minimum absolute atomic E-state index is 0.00224. The van der Waals surface area contributed by atoms with Crippen LogP contribution in [0.4, 0.5) is 21.0 Å². The number of nitrogens with one attached hydrogen (secondary N) is 1. The first-order chi connectivity index (χ1) is 23.8. The van der Waals surface area contributed by atoms with Crippen molar-refractivity contribution < 1.29 is 43.3 Å². The molecule has 2 atom stereocenters. The lowest BCUT2D eigenvalue weighted by atomic mass is 9.94. The first kappa shape index (κ1) is 38.1. The van der Waals surface area contributed by atoms with Crippen LogP contribution < -0.4 is 15.8 Å². The minimum Gasteiger partial charge on any atom is -0.481 e. The number of carbonyl (C=O) groups is 5. The van der Waals surface area contributed by atoms with Gasteiger partial charge in [-0.3, -0.25) is 19.2 Å². The molecule has 1 aliphatic heterocycles. The molecule has 2 heterocycles. The van der Waals surface area contributed by atoms with Gasteiger partial charge in [-0.05, 0) is 88.9 Å². The number of carboxylic acid groups (broad SMARTS) is 1. The number of ether oxygens (including phenoxy) is 3. The smallest absolute Gasteiger partial charge is 0.420 e. The number of pyridine rings is 1. The Bertz CT molecular complexity index is 1940. The van der Waals surface area contributed by atoms with Crippen LogP contribution in [0.3, 0.4) is 0 Å². The van der Waals surface area contributed by atoms with Crippen molar-refractivity contribution in [2.24, 2.45) is 13.0 Å².